The summed E-state index contributed by atoms with van der Waals surface area (Å²) in [5.74, 6) is 1.35. The van der Waals surface area contributed by atoms with Crippen LogP contribution in [0.1, 0.15) is 17.2 Å². The van der Waals surface area contributed by atoms with Gasteiger partial charge in [-0.3, -0.25) is 0 Å². The highest BCUT2D eigenvalue weighted by Crippen LogP contribution is 2.35. The maximum Gasteiger partial charge on any atom is 0.231 e. The van der Waals surface area contributed by atoms with Crippen LogP contribution in [0.2, 0.25) is 10.0 Å². The Kier molecular flexibility index (Phi) is 3.74. The fourth-order valence-corrected chi connectivity index (χ4v) is 2.55. The first-order chi connectivity index (χ1) is 9.65. The third-order valence-electron chi connectivity index (χ3n) is 3.23. The summed E-state index contributed by atoms with van der Waals surface area (Å²) in [6.45, 7) is 0.217. The first kappa shape index (κ1) is 13.6. The van der Waals surface area contributed by atoms with Gasteiger partial charge in [0.05, 0.1) is 16.1 Å². The van der Waals surface area contributed by atoms with Crippen LogP contribution in [0.3, 0.4) is 0 Å². The van der Waals surface area contributed by atoms with Crippen molar-refractivity contribution in [2.45, 2.75) is 12.5 Å². The normalized spacial score (nSPS) is 14.3. The van der Waals surface area contributed by atoms with Gasteiger partial charge in [-0.15, -0.1) is 0 Å². The Bertz CT molecular complexity index is 643. The van der Waals surface area contributed by atoms with E-state index < -0.39 is 6.10 Å². The first-order valence-electron chi connectivity index (χ1n) is 6.15. The fraction of sp³-hybridized carbons (Fsp3) is 0.200. The predicted octanol–water partition coefficient (Wildman–Crippen LogP) is 4.00. The molecule has 1 aliphatic heterocycles. The van der Waals surface area contributed by atoms with Crippen molar-refractivity contribution in [3.8, 4) is 11.5 Å². The lowest BCUT2D eigenvalue weighted by Crippen LogP contribution is -2.02. The average Bonchev–Trinajstić information content (AvgIpc) is 2.91. The van der Waals surface area contributed by atoms with Crippen LogP contribution in [0.5, 0.6) is 11.5 Å². The Morgan fingerprint density at radius 3 is 2.75 bits per heavy atom. The Balaban J connectivity index is 1.82. The van der Waals surface area contributed by atoms with Crippen molar-refractivity contribution in [1.82, 2.24) is 0 Å². The molecule has 2 aromatic rings. The van der Waals surface area contributed by atoms with Crippen molar-refractivity contribution in [2.75, 3.05) is 6.79 Å². The Labute approximate surface area is 126 Å². The molecule has 1 N–H and O–H groups in total. The number of aliphatic hydroxyl groups is 1. The van der Waals surface area contributed by atoms with Crippen LogP contribution in [0.15, 0.2) is 36.4 Å². The second kappa shape index (κ2) is 5.52. The van der Waals surface area contributed by atoms with E-state index in [2.05, 4.69) is 0 Å². The molecule has 0 saturated heterocycles. The number of fused-ring (bicyclic) bond motifs is 1. The van der Waals surface area contributed by atoms with Crippen LogP contribution in [0.25, 0.3) is 0 Å². The van der Waals surface area contributed by atoms with Gasteiger partial charge in [0.1, 0.15) is 0 Å². The minimum atomic E-state index is -0.680. The van der Waals surface area contributed by atoms with Crippen molar-refractivity contribution in [1.29, 1.82) is 0 Å². The monoisotopic (exact) mass is 310 g/mol. The largest absolute Gasteiger partial charge is 0.454 e. The van der Waals surface area contributed by atoms with E-state index >= 15 is 0 Å². The van der Waals surface area contributed by atoms with Crippen molar-refractivity contribution < 1.29 is 14.6 Å². The van der Waals surface area contributed by atoms with Gasteiger partial charge in [-0.05, 0) is 29.3 Å². The standard InChI is InChI=1S/C15H12Cl2O3/c16-11-3-1-2-10(15(11)17)6-12(18)9-4-5-13-14(7-9)20-8-19-13/h1-5,7,12,18H,6,8H2. The van der Waals surface area contributed by atoms with Gasteiger partial charge in [-0.2, -0.15) is 0 Å². The SMILES string of the molecule is OC(Cc1cccc(Cl)c1Cl)c1ccc2c(c1)OCO2. The summed E-state index contributed by atoms with van der Waals surface area (Å²) < 4.78 is 10.5. The maximum atomic E-state index is 10.3. The molecule has 1 atom stereocenters. The van der Waals surface area contributed by atoms with Crippen molar-refractivity contribution in [3.63, 3.8) is 0 Å². The molecule has 2 aromatic carbocycles. The Hall–Kier alpha value is -1.42. The molecule has 0 bridgehead atoms. The zero-order chi connectivity index (χ0) is 14.1. The molecule has 0 aliphatic carbocycles. The molecule has 0 saturated carbocycles. The molecular formula is C15H12Cl2O3. The molecule has 0 fully saturated rings. The topological polar surface area (TPSA) is 38.7 Å². The molecule has 3 nitrogen and oxygen atoms in total. The van der Waals surface area contributed by atoms with Crippen LogP contribution in [0, 0.1) is 0 Å². The summed E-state index contributed by atoms with van der Waals surface area (Å²) in [4.78, 5) is 0. The van der Waals surface area contributed by atoms with Gasteiger partial charge in [0.2, 0.25) is 6.79 Å². The summed E-state index contributed by atoms with van der Waals surface area (Å²) in [7, 11) is 0. The minimum absolute atomic E-state index is 0.217. The zero-order valence-electron chi connectivity index (χ0n) is 10.5. The van der Waals surface area contributed by atoms with E-state index in [4.69, 9.17) is 32.7 Å². The van der Waals surface area contributed by atoms with E-state index in [-0.39, 0.29) is 6.79 Å². The van der Waals surface area contributed by atoms with Gasteiger partial charge in [0, 0.05) is 6.42 Å². The summed E-state index contributed by atoms with van der Waals surface area (Å²) in [6.07, 6.45) is -0.292. The third kappa shape index (κ3) is 2.57. The highest BCUT2D eigenvalue weighted by molar-refractivity contribution is 6.42. The number of halogens is 2. The molecule has 20 heavy (non-hydrogen) atoms. The lowest BCUT2D eigenvalue weighted by molar-refractivity contribution is 0.171. The maximum absolute atomic E-state index is 10.3. The molecule has 0 spiro atoms. The molecular weight excluding hydrogens is 299 g/mol. The van der Waals surface area contributed by atoms with Crippen molar-refractivity contribution in [2.24, 2.45) is 0 Å². The highest BCUT2D eigenvalue weighted by Gasteiger charge is 2.18. The molecule has 1 unspecified atom stereocenters. The summed E-state index contributed by atoms with van der Waals surface area (Å²) in [5, 5.41) is 11.3. The molecule has 3 rings (SSSR count). The van der Waals surface area contributed by atoms with Gasteiger partial charge in [-0.1, -0.05) is 41.4 Å². The number of benzene rings is 2. The quantitative estimate of drug-likeness (QED) is 0.931. The second-order valence-corrected chi connectivity index (χ2v) is 5.33. The number of aliphatic hydroxyl groups excluding tert-OH is 1. The molecule has 0 radical (unpaired) electrons. The summed E-state index contributed by atoms with van der Waals surface area (Å²) in [5.41, 5.74) is 1.56. The van der Waals surface area contributed by atoms with Gasteiger partial charge in [-0.25, -0.2) is 0 Å². The smallest absolute Gasteiger partial charge is 0.231 e. The van der Waals surface area contributed by atoms with Gasteiger partial charge in [0.25, 0.3) is 0 Å². The van der Waals surface area contributed by atoms with Crippen LogP contribution >= 0.6 is 23.2 Å². The molecule has 5 heteroatoms. The van der Waals surface area contributed by atoms with Crippen molar-refractivity contribution >= 4 is 23.2 Å². The molecule has 1 heterocycles. The molecule has 0 amide bonds. The van der Waals surface area contributed by atoms with Crippen LogP contribution in [0.4, 0.5) is 0 Å². The fourth-order valence-electron chi connectivity index (χ4n) is 2.15. The van der Waals surface area contributed by atoms with Crippen LogP contribution in [-0.4, -0.2) is 11.9 Å². The molecule has 1 aliphatic rings. The Morgan fingerprint density at radius 2 is 1.90 bits per heavy atom. The lowest BCUT2D eigenvalue weighted by atomic mass is 10.0. The predicted molar refractivity (Wildman–Crippen MR) is 77.7 cm³/mol. The van der Waals surface area contributed by atoms with Crippen molar-refractivity contribution in [3.05, 3.63) is 57.6 Å². The number of hydrogen-bond donors (Lipinski definition) is 1. The minimum Gasteiger partial charge on any atom is -0.454 e. The number of hydrogen-bond acceptors (Lipinski definition) is 3. The van der Waals surface area contributed by atoms with E-state index in [1.54, 1.807) is 18.2 Å². The van der Waals surface area contributed by atoms with E-state index in [1.807, 2.05) is 18.2 Å². The zero-order valence-corrected chi connectivity index (χ0v) is 12.0. The lowest BCUT2D eigenvalue weighted by Gasteiger charge is -2.13. The summed E-state index contributed by atoms with van der Waals surface area (Å²) >= 11 is 12.1. The van der Waals surface area contributed by atoms with Crippen LogP contribution < -0.4 is 9.47 Å². The summed E-state index contributed by atoms with van der Waals surface area (Å²) in [6, 6.07) is 10.8. The van der Waals surface area contributed by atoms with Gasteiger partial charge >= 0.3 is 0 Å². The second-order valence-electron chi connectivity index (χ2n) is 4.55. The van der Waals surface area contributed by atoms with Crippen LogP contribution in [-0.2, 0) is 6.42 Å². The van der Waals surface area contributed by atoms with Gasteiger partial charge in [0.15, 0.2) is 11.5 Å². The van der Waals surface area contributed by atoms with E-state index in [1.165, 1.54) is 0 Å². The molecule has 104 valence electrons. The number of ether oxygens (including phenoxy) is 2. The van der Waals surface area contributed by atoms with E-state index in [9.17, 15) is 5.11 Å². The average molecular weight is 311 g/mol. The number of rotatable bonds is 3. The highest BCUT2D eigenvalue weighted by atomic mass is 35.5. The Morgan fingerprint density at radius 1 is 1.10 bits per heavy atom. The first-order valence-corrected chi connectivity index (χ1v) is 6.91. The van der Waals surface area contributed by atoms with E-state index in [0.29, 0.717) is 28.0 Å². The third-order valence-corrected chi connectivity index (χ3v) is 4.08. The van der Waals surface area contributed by atoms with Gasteiger partial charge < -0.3 is 14.6 Å². The molecule has 0 aromatic heterocycles. The van der Waals surface area contributed by atoms with E-state index in [0.717, 1.165) is 11.1 Å².